The van der Waals surface area contributed by atoms with Gasteiger partial charge in [-0.1, -0.05) is 42.5 Å². The van der Waals surface area contributed by atoms with E-state index < -0.39 is 0 Å². The molecule has 3 heterocycles. The fraction of sp³-hybridized carbons (Fsp3) is 0.160. The highest BCUT2D eigenvalue weighted by atomic mass is 16.5. The highest BCUT2D eigenvalue weighted by Gasteiger charge is 2.17. The quantitative estimate of drug-likeness (QED) is 0.439. The molecule has 0 aliphatic heterocycles. The van der Waals surface area contributed by atoms with Crippen molar-refractivity contribution in [3.8, 4) is 5.75 Å². The average Bonchev–Trinajstić information content (AvgIpc) is 3.21. The van der Waals surface area contributed by atoms with Crippen molar-refractivity contribution < 1.29 is 4.74 Å². The topological polar surface area (TPSA) is 61.4 Å². The van der Waals surface area contributed by atoms with Crippen LogP contribution in [0.2, 0.25) is 0 Å². The van der Waals surface area contributed by atoms with Crippen LogP contribution in [0.5, 0.6) is 5.75 Å². The predicted octanol–water partition coefficient (Wildman–Crippen LogP) is 4.00. The van der Waals surface area contributed by atoms with Gasteiger partial charge in [0.2, 0.25) is 0 Å². The van der Waals surface area contributed by atoms with Crippen molar-refractivity contribution in [3.05, 3.63) is 106 Å². The molecule has 5 aromatic rings. The lowest BCUT2D eigenvalue weighted by molar-refractivity contribution is 0.414. The summed E-state index contributed by atoms with van der Waals surface area (Å²) in [6, 6.07) is 19.8. The zero-order valence-electron chi connectivity index (χ0n) is 17.4. The summed E-state index contributed by atoms with van der Waals surface area (Å²) in [7, 11) is 1.64. The monoisotopic (exact) mass is 410 g/mol. The number of hydrogen-bond donors (Lipinski definition) is 0. The summed E-state index contributed by atoms with van der Waals surface area (Å²) in [5.74, 6) is 0.788. The van der Waals surface area contributed by atoms with Crippen LogP contribution in [-0.2, 0) is 13.0 Å². The minimum Gasteiger partial charge on any atom is -0.497 e. The Bertz CT molecular complexity index is 1430. The van der Waals surface area contributed by atoms with Crippen molar-refractivity contribution in [1.82, 2.24) is 19.2 Å². The van der Waals surface area contributed by atoms with Crippen LogP contribution in [0.4, 0.5) is 0 Å². The van der Waals surface area contributed by atoms with E-state index in [1.807, 2.05) is 70.7 Å². The average molecular weight is 410 g/mol. The number of rotatable bonds is 5. The zero-order chi connectivity index (χ0) is 21.4. The van der Waals surface area contributed by atoms with Gasteiger partial charge in [-0.25, -0.2) is 4.52 Å². The van der Waals surface area contributed by atoms with Gasteiger partial charge in [0, 0.05) is 17.7 Å². The first-order chi connectivity index (χ1) is 15.1. The Kier molecular flexibility index (Phi) is 4.75. The molecule has 0 amide bonds. The molecule has 0 N–H and O–H groups in total. The minimum absolute atomic E-state index is 0.0429. The Labute approximate surface area is 179 Å². The number of nitrogens with zero attached hydrogens (tertiary/aromatic N) is 4. The fourth-order valence-corrected chi connectivity index (χ4v) is 3.97. The lowest BCUT2D eigenvalue weighted by Crippen LogP contribution is -2.24. The molecule has 0 spiro atoms. The third-order valence-corrected chi connectivity index (χ3v) is 5.53. The van der Waals surface area contributed by atoms with Gasteiger partial charge in [-0.05, 0) is 36.2 Å². The number of hydrogen-bond acceptors (Lipinski definition) is 4. The van der Waals surface area contributed by atoms with E-state index in [-0.39, 0.29) is 5.56 Å². The van der Waals surface area contributed by atoms with Crippen LogP contribution in [0.1, 0.15) is 22.4 Å². The van der Waals surface area contributed by atoms with Crippen LogP contribution in [0.25, 0.3) is 16.6 Å². The summed E-state index contributed by atoms with van der Waals surface area (Å²) in [6.07, 6.45) is 4.28. The molecule has 0 atom stereocenters. The highest BCUT2D eigenvalue weighted by Crippen LogP contribution is 2.21. The van der Waals surface area contributed by atoms with Crippen LogP contribution >= 0.6 is 0 Å². The maximum absolute atomic E-state index is 13.6. The molecular weight excluding hydrogens is 388 g/mol. The van der Waals surface area contributed by atoms with Gasteiger partial charge >= 0.3 is 0 Å². The van der Waals surface area contributed by atoms with Gasteiger partial charge in [-0.15, -0.1) is 0 Å². The number of fused-ring (bicyclic) bond motifs is 3. The molecule has 6 heteroatoms. The standard InChI is InChI=1S/C25H22N4O2/c1-17-12-22-23(15-26-17)29-24(20(14-27-29)13-18-6-4-3-5-7-18)28(25(22)30)16-19-8-10-21(31-2)11-9-19/h3-12,14-15H,13,16H2,1-2H3. The lowest BCUT2D eigenvalue weighted by Gasteiger charge is -2.13. The fourth-order valence-electron chi connectivity index (χ4n) is 3.97. The van der Waals surface area contributed by atoms with Crippen LogP contribution < -0.4 is 10.3 Å². The predicted molar refractivity (Wildman–Crippen MR) is 121 cm³/mol. The molecule has 6 nitrogen and oxygen atoms in total. The molecule has 3 aromatic heterocycles. The molecule has 0 bridgehead atoms. The normalized spacial score (nSPS) is 11.3. The molecule has 2 aromatic carbocycles. The Balaban J connectivity index is 1.73. The SMILES string of the molecule is COc1ccc(Cn2c(=O)c3cc(C)ncc3n3ncc(Cc4ccccc4)c23)cc1. The summed E-state index contributed by atoms with van der Waals surface area (Å²) in [6.45, 7) is 2.33. The molecule has 0 fully saturated rings. The van der Waals surface area contributed by atoms with E-state index in [9.17, 15) is 4.79 Å². The summed E-state index contributed by atoms with van der Waals surface area (Å²) >= 11 is 0. The summed E-state index contributed by atoms with van der Waals surface area (Å²) < 4.78 is 8.92. The third kappa shape index (κ3) is 3.46. The van der Waals surface area contributed by atoms with Crippen LogP contribution in [-0.4, -0.2) is 26.3 Å². The van der Waals surface area contributed by atoms with Crippen molar-refractivity contribution in [1.29, 1.82) is 0 Å². The Morgan fingerprint density at radius 3 is 2.48 bits per heavy atom. The van der Waals surface area contributed by atoms with E-state index in [2.05, 4.69) is 22.2 Å². The second kappa shape index (κ2) is 7.72. The zero-order valence-corrected chi connectivity index (χ0v) is 17.4. The number of aromatic nitrogens is 4. The van der Waals surface area contributed by atoms with E-state index in [0.29, 0.717) is 18.4 Å². The summed E-state index contributed by atoms with van der Waals surface area (Å²) in [4.78, 5) is 18.0. The molecule has 31 heavy (non-hydrogen) atoms. The molecule has 5 rings (SSSR count). The van der Waals surface area contributed by atoms with Crippen molar-refractivity contribution in [2.75, 3.05) is 7.11 Å². The first-order valence-corrected chi connectivity index (χ1v) is 10.2. The minimum atomic E-state index is -0.0429. The van der Waals surface area contributed by atoms with Gasteiger partial charge in [-0.3, -0.25) is 14.3 Å². The highest BCUT2D eigenvalue weighted by molar-refractivity contribution is 5.80. The van der Waals surface area contributed by atoms with Crippen molar-refractivity contribution in [3.63, 3.8) is 0 Å². The number of benzene rings is 2. The van der Waals surface area contributed by atoms with E-state index in [0.717, 1.165) is 33.7 Å². The molecule has 0 aliphatic rings. The second-order valence-electron chi connectivity index (χ2n) is 7.65. The van der Waals surface area contributed by atoms with Gasteiger partial charge in [0.25, 0.3) is 5.56 Å². The maximum Gasteiger partial charge on any atom is 0.262 e. The Hall–Kier alpha value is -3.93. The molecule has 0 unspecified atom stereocenters. The Morgan fingerprint density at radius 1 is 0.968 bits per heavy atom. The molecule has 0 saturated carbocycles. The van der Waals surface area contributed by atoms with Gasteiger partial charge in [0.1, 0.15) is 11.4 Å². The van der Waals surface area contributed by atoms with Crippen molar-refractivity contribution in [2.24, 2.45) is 0 Å². The summed E-state index contributed by atoms with van der Waals surface area (Å²) in [5.41, 5.74) is 5.46. The molecule has 0 aliphatic carbocycles. The number of methoxy groups -OCH3 is 1. The van der Waals surface area contributed by atoms with Crippen LogP contribution in [0, 0.1) is 6.92 Å². The Morgan fingerprint density at radius 2 is 1.74 bits per heavy atom. The molecule has 154 valence electrons. The maximum atomic E-state index is 13.6. The van der Waals surface area contributed by atoms with E-state index in [4.69, 9.17) is 4.74 Å². The van der Waals surface area contributed by atoms with E-state index in [1.54, 1.807) is 13.3 Å². The van der Waals surface area contributed by atoms with E-state index >= 15 is 0 Å². The molecular formula is C25H22N4O2. The van der Waals surface area contributed by atoms with Crippen LogP contribution in [0.15, 0.2) is 77.9 Å². The molecule has 0 radical (unpaired) electrons. The number of ether oxygens (including phenoxy) is 1. The van der Waals surface area contributed by atoms with Gasteiger partial charge in [-0.2, -0.15) is 5.10 Å². The van der Waals surface area contributed by atoms with Gasteiger partial charge in [0.05, 0.1) is 37.0 Å². The van der Waals surface area contributed by atoms with Crippen molar-refractivity contribution in [2.45, 2.75) is 19.9 Å². The largest absolute Gasteiger partial charge is 0.497 e. The first-order valence-electron chi connectivity index (χ1n) is 10.2. The lowest BCUT2D eigenvalue weighted by atomic mass is 10.1. The molecule has 0 saturated heterocycles. The van der Waals surface area contributed by atoms with Crippen molar-refractivity contribution >= 4 is 16.6 Å². The summed E-state index contributed by atoms with van der Waals surface area (Å²) in [5, 5.41) is 5.25. The van der Waals surface area contributed by atoms with E-state index in [1.165, 1.54) is 5.56 Å². The third-order valence-electron chi connectivity index (χ3n) is 5.53. The number of pyridine rings is 1. The van der Waals surface area contributed by atoms with Gasteiger partial charge in [0.15, 0.2) is 0 Å². The second-order valence-corrected chi connectivity index (χ2v) is 7.65. The van der Waals surface area contributed by atoms with Gasteiger partial charge < -0.3 is 4.74 Å². The number of aryl methyl sites for hydroxylation is 1. The van der Waals surface area contributed by atoms with Crippen LogP contribution in [0.3, 0.4) is 0 Å². The first kappa shape index (κ1) is 19.1. The smallest absolute Gasteiger partial charge is 0.262 e.